The van der Waals surface area contributed by atoms with Crippen LogP contribution in [0.2, 0.25) is 0 Å². The van der Waals surface area contributed by atoms with Crippen molar-refractivity contribution in [3.05, 3.63) is 18.2 Å². The van der Waals surface area contributed by atoms with Crippen molar-refractivity contribution < 1.29 is 0 Å². The van der Waals surface area contributed by atoms with Crippen LogP contribution in [0.15, 0.2) is 12.5 Å². The van der Waals surface area contributed by atoms with Gasteiger partial charge >= 0.3 is 0 Å². The lowest BCUT2D eigenvalue weighted by Crippen LogP contribution is -1.99. The van der Waals surface area contributed by atoms with E-state index in [1.54, 1.807) is 12.5 Å². The van der Waals surface area contributed by atoms with E-state index >= 15 is 0 Å². The van der Waals surface area contributed by atoms with Gasteiger partial charge in [-0.25, -0.2) is 4.98 Å². The van der Waals surface area contributed by atoms with Gasteiger partial charge in [-0.3, -0.25) is 5.41 Å². The maximum Gasteiger partial charge on any atom is 0.112 e. The van der Waals surface area contributed by atoms with Crippen molar-refractivity contribution in [2.75, 3.05) is 6.26 Å². The van der Waals surface area contributed by atoms with Crippen molar-refractivity contribution in [2.24, 2.45) is 7.05 Å². The molecule has 0 saturated heterocycles. The second-order valence-electron chi connectivity index (χ2n) is 1.92. The van der Waals surface area contributed by atoms with E-state index in [9.17, 15) is 0 Å². The molecule has 1 aromatic heterocycles. The van der Waals surface area contributed by atoms with Crippen molar-refractivity contribution in [2.45, 2.75) is 0 Å². The second-order valence-corrected chi connectivity index (χ2v) is 2.74. The molecule has 3 nitrogen and oxygen atoms in total. The topological polar surface area (TPSA) is 41.7 Å². The average Bonchev–Trinajstić information content (AvgIpc) is 2.34. The molecule has 0 spiro atoms. The number of hydrogen-bond donors (Lipinski definition) is 1. The zero-order valence-electron chi connectivity index (χ0n) is 5.96. The molecule has 1 rings (SSSR count). The first-order valence-corrected chi connectivity index (χ1v) is 4.07. The number of thioether (sulfide) groups is 1. The van der Waals surface area contributed by atoms with Crippen LogP contribution >= 0.6 is 11.8 Å². The normalized spacial score (nSPS) is 9.80. The maximum atomic E-state index is 7.44. The molecule has 54 valence electrons. The van der Waals surface area contributed by atoms with Crippen molar-refractivity contribution in [3.63, 3.8) is 0 Å². The van der Waals surface area contributed by atoms with E-state index in [1.807, 2.05) is 17.9 Å². The lowest BCUT2D eigenvalue weighted by molar-refractivity contribution is 0.903. The minimum Gasteiger partial charge on any atom is -0.332 e. The number of nitrogens with one attached hydrogen (secondary N) is 1. The summed E-state index contributed by atoms with van der Waals surface area (Å²) < 4.78 is 1.83. The van der Waals surface area contributed by atoms with E-state index in [-0.39, 0.29) is 0 Å². The van der Waals surface area contributed by atoms with Crippen LogP contribution in [0.1, 0.15) is 5.69 Å². The molecular weight excluding hydrogens is 146 g/mol. The van der Waals surface area contributed by atoms with Crippen LogP contribution < -0.4 is 0 Å². The zero-order chi connectivity index (χ0) is 7.56. The molecule has 0 aliphatic heterocycles. The third-order valence-electron chi connectivity index (χ3n) is 1.25. The predicted molar refractivity (Wildman–Crippen MR) is 43.6 cm³/mol. The number of hydrogen-bond acceptors (Lipinski definition) is 3. The number of aromatic nitrogens is 2. The predicted octanol–water partition coefficient (Wildman–Crippen LogP) is 1.11. The number of nitrogens with zero attached hydrogens (tertiary/aromatic N) is 2. The summed E-state index contributed by atoms with van der Waals surface area (Å²) in [5.41, 5.74) is 0.868. The van der Waals surface area contributed by atoms with E-state index in [2.05, 4.69) is 4.98 Å². The van der Waals surface area contributed by atoms with E-state index in [1.165, 1.54) is 11.8 Å². The summed E-state index contributed by atoms with van der Waals surface area (Å²) in [5, 5.41) is 7.99. The average molecular weight is 155 g/mol. The highest BCUT2D eigenvalue weighted by Gasteiger charge is 2.01. The lowest BCUT2D eigenvalue weighted by Gasteiger charge is -1.98. The summed E-state index contributed by atoms with van der Waals surface area (Å²) in [6.07, 6.45) is 5.27. The first-order valence-electron chi connectivity index (χ1n) is 2.85. The van der Waals surface area contributed by atoms with Gasteiger partial charge in [0.1, 0.15) is 5.04 Å². The largest absolute Gasteiger partial charge is 0.332 e. The van der Waals surface area contributed by atoms with Gasteiger partial charge in [-0.15, -0.1) is 11.8 Å². The molecular formula is C6H9N3S. The molecule has 1 heterocycles. The Bertz CT molecular complexity index is 241. The van der Waals surface area contributed by atoms with Crippen LogP contribution in [0.5, 0.6) is 0 Å². The highest BCUT2D eigenvalue weighted by Crippen LogP contribution is 2.06. The molecule has 1 N–H and O–H groups in total. The minimum absolute atomic E-state index is 0.556. The zero-order valence-corrected chi connectivity index (χ0v) is 6.77. The molecule has 0 amide bonds. The van der Waals surface area contributed by atoms with Crippen molar-refractivity contribution >= 4 is 16.8 Å². The highest BCUT2D eigenvalue weighted by atomic mass is 32.2. The molecule has 0 atom stereocenters. The fraction of sp³-hybridized carbons (Fsp3) is 0.333. The van der Waals surface area contributed by atoms with Gasteiger partial charge in [0, 0.05) is 7.05 Å². The Morgan fingerprint density at radius 1 is 1.80 bits per heavy atom. The molecule has 1 aromatic rings. The van der Waals surface area contributed by atoms with Gasteiger partial charge in [0.05, 0.1) is 18.2 Å². The fourth-order valence-electron chi connectivity index (χ4n) is 0.681. The molecule has 0 saturated carbocycles. The monoisotopic (exact) mass is 155 g/mol. The molecule has 0 aromatic carbocycles. The molecule has 4 heteroatoms. The van der Waals surface area contributed by atoms with Crippen molar-refractivity contribution in [1.82, 2.24) is 9.55 Å². The Balaban J connectivity index is 2.93. The molecule has 0 aliphatic carbocycles. The number of aryl methyl sites for hydroxylation is 1. The van der Waals surface area contributed by atoms with Gasteiger partial charge in [-0.05, 0) is 6.26 Å². The molecule has 0 unspecified atom stereocenters. The van der Waals surface area contributed by atoms with Gasteiger partial charge < -0.3 is 4.57 Å². The lowest BCUT2D eigenvalue weighted by atomic mass is 10.5. The van der Waals surface area contributed by atoms with Gasteiger partial charge in [0.15, 0.2) is 0 Å². The van der Waals surface area contributed by atoms with Gasteiger partial charge in [0.25, 0.3) is 0 Å². The van der Waals surface area contributed by atoms with Crippen LogP contribution in [0.4, 0.5) is 0 Å². The third kappa shape index (κ3) is 1.21. The molecule has 0 fully saturated rings. The Hall–Kier alpha value is -0.770. The first kappa shape index (κ1) is 7.34. The van der Waals surface area contributed by atoms with Gasteiger partial charge in [0.2, 0.25) is 0 Å². The third-order valence-corrected chi connectivity index (χ3v) is 1.87. The molecule has 0 aliphatic rings. The molecule has 0 bridgehead atoms. The number of rotatable bonds is 1. The molecule has 0 radical (unpaired) electrons. The Kier molecular flexibility index (Phi) is 2.11. The van der Waals surface area contributed by atoms with E-state index in [0.29, 0.717) is 5.04 Å². The van der Waals surface area contributed by atoms with Crippen molar-refractivity contribution in [1.29, 1.82) is 5.41 Å². The van der Waals surface area contributed by atoms with Crippen LogP contribution in [0.25, 0.3) is 0 Å². The summed E-state index contributed by atoms with van der Waals surface area (Å²) in [7, 11) is 1.88. The maximum absolute atomic E-state index is 7.44. The van der Waals surface area contributed by atoms with Crippen molar-refractivity contribution in [3.8, 4) is 0 Å². The summed E-state index contributed by atoms with van der Waals surface area (Å²) in [6, 6.07) is 0. The summed E-state index contributed by atoms with van der Waals surface area (Å²) in [4.78, 5) is 3.90. The SMILES string of the molecule is CSC(=N)c1cncn1C. The smallest absolute Gasteiger partial charge is 0.112 e. The Morgan fingerprint density at radius 2 is 2.50 bits per heavy atom. The van der Waals surface area contributed by atoms with Gasteiger partial charge in [-0.2, -0.15) is 0 Å². The fourth-order valence-corrected chi connectivity index (χ4v) is 1.09. The van der Waals surface area contributed by atoms with E-state index < -0.39 is 0 Å². The van der Waals surface area contributed by atoms with Crippen LogP contribution in [-0.2, 0) is 7.05 Å². The first-order chi connectivity index (χ1) is 4.75. The van der Waals surface area contributed by atoms with Crippen LogP contribution in [0.3, 0.4) is 0 Å². The Morgan fingerprint density at radius 3 is 2.90 bits per heavy atom. The van der Waals surface area contributed by atoms with E-state index in [4.69, 9.17) is 5.41 Å². The van der Waals surface area contributed by atoms with E-state index in [0.717, 1.165) is 5.69 Å². The minimum atomic E-state index is 0.556. The van der Waals surface area contributed by atoms with Crippen LogP contribution in [0, 0.1) is 5.41 Å². The summed E-state index contributed by atoms with van der Waals surface area (Å²) >= 11 is 1.42. The van der Waals surface area contributed by atoms with Crippen LogP contribution in [-0.4, -0.2) is 20.9 Å². The Labute approximate surface area is 64.0 Å². The summed E-state index contributed by atoms with van der Waals surface area (Å²) in [6.45, 7) is 0. The van der Waals surface area contributed by atoms with Gasteiger partial charge in [-0.1, -0.05) is 0 Å². The highest BCUT2D eigenvalue weighted by molar-refractivity contribution is 8.13. The summed E-state index contributed by atoms with van der Waals surface area (Å²) in [5.74, 6) is 0. The standard InChI is InChI=1S/C6H9N3S/c1-9-4-8-3-5(9)6(7)10-2/h3-4,7H,1-2H3. The molecule has 10 heavy (non-hydrogen) atoms. The number of imidazole rings is 1. The quantitative estimate of drug-likeness (QED) is 0.487. The second kappa shape index (κ2) is 2.88.